The monoisotopic (exact) mass is 440 g/mol. The van der Waals surface area contributed by atoms with Gasteiger partial charge in [0.25, 0.3) is 5.91 Å². The SMILES string of the molecule is Cc1c(-c2ccccc2)oc2c(C(=O)Nc3ccccc3N3CCOC3=O)cccc2c1=O. The lowest BCUT2D eigenvalue weighted by atomic mass is 10.0. The number of fused-ring (bicyclic) bond motifs is 1. The molecule has 1 saturated heterocycles. The summed E-state index contributed by atoms with van der Waals surface area (Å²) in [6.45, 7) is 2.40. The molecule has 0 spiro atoms. The number of nitrogens with zero attached hydrogens (tertiary/aromatic N) is 1. The van der Waals surface area contributed by atoms with E-state index < -0.39 is 12.0 Å². The molecule has 1 N–H and O–H groups in total. The Hall–Kier alpha value is -4.39. The van der Waals surface area contributed by atoms with Crippen LogP contribution < -0.4 is 15.6 Å². The van der Waals surface area contributed by atoms with Gasteiger partial charge in [0.2, 0.25) is 0 Å². The lowest BCUT2D eigenvalue weighted by molar-refractivity contribution is 0.102. The molecule has 4 aromatic rings. The highest BCUT2D eigenvalue weighted by molar-refractivity contribution is 6.13. The number of carbonyl (C=O) groups excluding carboxylic acids is 2. The molecule has 3 aromatic carbocycles. The smallest absolute Gasteiger partial charge is 0.414 e. The minimum Gasteiger partial charge on any atom is -0.455 e. The lowest BCUT2D eigenvalue weighted by Gasteiger charge is -2.18. The number of rotatable bonds is 4. The minimum atomic E-state index is -0.462. The van der Waals surface area contributed by atoms with Crippen LogP contribution in [0, 0.1) is 6.92 Å². The molecule has 1 aromatic heterocycles. The fraction of sp³-hybridized carbons (Fsp3) is 0.115. The van der Waals surface area contributed by atoms with Gasteiger partial charge >= 0.3 is 6.09 Å². The highest BCUT2D eigenvalue weighted by atomic mass is 16.6. The van der Waals surface area contributed by atoms with Crippen molar-refractivity contribution >= 4 is 34.3 Å². The van der Waals surface area contributed by atoms with Gasteiger partial charge in [0, 0.05) is 11.1 Å². The molecule has 1 aliphatic heterocycles. The van der Waals surface area contributed by atoms with Crippen molar-refractivity contribution in [1.29, 1.82) is 0 Å². The molecule has 33 heavy (non-hydrogen) atoms. The Balaban J connectivity index is 1.59. The van der Waals surface area contributed by atoms with Gasteiger partial charge in [-0.05, 0) is 31.2 Å². The molecule has 7 nitrogen and oxygen atoms in total. The zero-order valence-corrected chi connectivity index (χ0v) is 17.8. The Morgan fingerprint density at radius 3 is 2.45 bits per heavy atom. The highest BCUT2D eigenvalue weighted by Gasteiger charge is 2.26. The summed E-state index contributed by atoms with van der Waals surface area (Å²) in [5, 5.41) is 3.19. The summed E-state index contributed by atoms with van der Waals surface area (Å²) in [5.74, 6) is -0.0276. The second-order valence-electron chi connectivity index (χ2n) is 7.67. The Kier molecular flexibility index (Phi) is 5.14. The Labute approximate surface area is 189 Å². The molecule has 0 bridgehead atoms. The van der Waals surface area contributed by atoms with Crippen molar-refractivity contribution in [3.8, 4) is 11.3 Å². The maximum absolute atomic E-state index is 13.3. The molecule has 1 aliphatic rings. The Bertz CT molecular complexity index is 1440. The number of benzene rings is 3. The first-order chi connectivity index (χ1) is 16.0. The summed E-state index contributed by atoms with van der Waals surface area (Å²) >= 11 is 0. The molecule has 164 valence electrons. The molecule has 0 unspecified atom stereocenters. The van der Waals surface area contributed by atoms with E-state index in [-0.39, 0.29) is 23.2 Å². The van der Waals surface area contributed by atoms with E-state index in [0.717, 1.165) is 5.56 Å². The van der Waals surface area contributed by atoms with E-state index in [0.29, 0.717) is 34.6 Å². The first kappa shape index (κ1) is 20.5. The zero-order valence-electron chi connectivity index (χ0n) is 17.8. The second-order valence-corrected chi connectivity index (χ2v) is 7.67. The lowest BCUT2D eigenvalue weighted by Crippen LogP contribution is -2.25. The number of nitrogens with one attached hydrogen (secondary N) is 1. The van der Waals surface area contributed by atoms with Crippen molar-refractivity contribution in [3.63, 3.8) is 0 Å². The van der Waals surface area contributed by atoms with Gasteiger partial charge in [0.15, 0.2) is 11.0 Å². The fourth-order valence-corrected chi connectivity index (χ4v) is 3.97. The average molecular weight is 440 g/mol. The third-order valence-electron chi connectivity index (χ3n) is 5.63. The molecular formula is C26H20N2O5. The van der Waals surface area contributed by atoms with Gasteiger partial charge in [-0.2, -0.15) is 0 Å². The van der Waals surface area contributed by atoms with Crippen LogP contribution in [0.15, 0.2) is 82.0 Å². The summed E-state index contributed by atoms with van der Waals surface area (Å²) in [4.78, 5) is 39.9. The maximum Gasteiger partial charge on any atom is 0.414 e. The van der Waals surface area contributed by atoms with Crippen LogP contribution in [0.4, 0.5) is 16.2 Å². The number of hydrogen-bond donors (Lipinski definition) is 1. The number of hydrogen-bond acceptors (Lipinski definition) is 5. The van der Waals surface area contributed by atoms with Crippen LogP contribution in [0.1, 0.15) is 15.9 Å². The van der Waals surface area contributed by atoms with Crippen LogP contribution >= 0.6 is 0 Å². The van der Waals surface area contributed by atoms with Crippen molar-refractivity contribution < 1.29 is 18.7 Å². The van der Waals surface area contributed by atoms with Crippen LogP contribution in [-0.2, 0) is 4.74 Å². The first-order valence-corrected chi connectivity index (χ1v) is 10.5. The molecule has 0 radical (unpaired) electrons. The molecule has 0 aliphatic carbocycles. The average Bonchev–Trinajstić information content (AvgIpc) is 3.27. The molecule has 5 rings (SSSR count). The Morgan fingerprint density at radius 2 is 1.70 bits per heavy atom. The minimum absolute atomic E-state index is 0.190. The van der Waals surface area contributed by atoms with E-state index in [1.54, 1.807) is 49.4 Å². The van der Waals surface area contributed by atoms with E-state index in [1.165, 1.54) is 4.90 Å². The molecular weight excluding hydrogens is 420 g/mol. The van der Waals surface area contributed by atoms with E-state index in [2.05, 4.69) is 5.32 Å². The van der Waals surface area contributed by atoms with Crippen molar-refractivity contribution in [2.75, 3.05) is 23.4 Å². The number of cyclic esters (lactones) is 1. The van der Waals surface area contributed by atoms with E-state index >= 15 is 0 Å². The summed E-state index contributed by atoms with van der Waals surface area (Å²) in [6.07, 6.45) is -0.462. The predicted molar refractivity (Wildman–Crippen MR) is 126 cm³/mol. The second kappa shape index (κ2) is 8.27. The van der Waals surface area contributed by atoms with Crippen LogP contribution in [0.25, 0.3) is 22.3 Å². The third kappa shape index (κ3) is 3.63. The van der Waals surface area contributed by atoms with Crippen molar-refractivity contribution in [2.45, 2.75) is 6.92 Å². The molecule has 7 heteroatoms. The van der Waals surface area contributed by atoms with Gasteiger partial charge < -0.3 is 14.5 Å². The van der Waals surface area contributed by atoms with Gasteiger partial charge in [-0.15, -0.1) is 0 Å². The normalized spacial score (nSPS) is 13.2. The first-order valence-electron chi connectivity index (χ1n) is 10.5. The van der Waals surface area contributed by atoms with Gasteiger partial charge in [0.1, 0.15) is 12.4 Å². The third-order valence-corrected chi connectivity index (χ3v) is 5.63. The summed E-state index contributed by atoms with van der Waals surface area (Å²) in [5.41, 5.74) is 2.46. The van der Waals surface area contributed by atoms with Crippen molar-refractivity contribution in [3.05, 3.63) is 94.1 Å². The summed E-state index contributed by atoms with van der Waals surface area (Å²) in [6, 6.07) is 21.2. The molecule has 0 atom stereocenters. The standard InChI is InChI=1S/C26H20N2O5/c1-16-22(29)18-10-7-11-19(24(18)33-23(16)17-8-3-2-4-9-17)25(30)27-20-12-5-6-13-21(20)28-14-15-32-26(28)31/h2-13H,14-15H2,1H3,(H,27,30). The van der Waals surface area contributed by atoms with E-state index in [9.17, 15) is 14.4 Å². The molecule has 2 heterocycles. The van der Waals surface area contributed by atoms with E-state index in [1.807, 2.05) is 30.3 Å². The predicted octanol–water partition coefficient (Wildman–Crippen LogP) is 4.98. The number of anilines is 2. The molecule has 0 saturated carbocycles. The van der Waals surface area contributed by atoms with Crippen LogP contribution in [0.3, 0.4) is 0 Å². The quantitative estimate of drug-likeness (QED) is 0.484. The molecule has 2 amide bonds. The van der Waals surface area contributed by atoms with Gasteiger partial charge in [-0.1, -0.05) is 48.5 Å². The zero-order chi connectivity index (χ0) is 22.9. The fourth-order valence-electron chi connectivity index (χ4n) is 3.97. The highest BCUT2D eigenvalue weighted by Crippen LogP contribution is 2.30. The summed E-state index contributed by atoms with van der Waals surface area (Å²) < 4.78 is 11.2. The van der Waals surface area contributed by atoms with Crippen LogP contribution in [-0.4, -0.2) is 25.2 Å². The van der Waals surface area contributed by atoms with Crippen molar-refractivity contribution in [1.82, 2.24) is 0 Å². The van der Waals surface area contributed by atoms with Crippen molar-refractivity contribution in [2.24, 2.45) is 0 Å². The number of carbonyl (C=O) groups is 2. The van der Waals surface area contributed by atoms with Gasteiger partial charge in [-0.25, -0.2) is 4.79 Å². The molecule has 1 fully saturated rings. The largest absolute Gasteiger partial charge is 0.455 e. The van der Waals surface area contributed by atoms with Crippen LogP contribution in [0.5, 0.6) is 0 Å². The summed E-state index contributed by atoms with van der Waals surface area (Å²) in [7, 11) is 0. The van der Waals surface area contributed by atoms with Gasteiger partial charge in [-0.3, -0.25) is 14.5 Å². The van der Waals surface area contributed by atoms with Crippen LogP contribution in [0.2, 0.25) is 0 Å². The number of para-hydroxylation sites is 3. The number of amides is 2. The Morgan fingerprint density at radius 1 is 0.939 bits per heavy atom. The topological polar surface area (TPSA) is 88.8 Å². The van der Waals surface area contributed by atoms with Gasteiger partial charge in [0.05, 0.1) is 28.9 Å². The van der Waals surface area contributed by atoms with E-state index in [4.69, 9.17) is 9.15 Å². The maximum atomic E-state index is 13.3. The number of ether oxygens (including phenoxy) is 1.